The maximum Gasteiger partial charge on any atom is 0.225 e. The molecule has 1 aliphatic heterocycles. The van der Waals surface area contributed by atoms with Crippen LogP contribution in [-0.4, -0.2) is 43.4 Å². The van der Waals surface area contributed by atoms with Crippen molar-refractivity contribution >= 4 is 17.4 Å². The van der Waals surface area contributed by atoms with Crippen molar-refractivity contribution in [2.75, 3.05) is 32.1 Å². The van der Waals surface area contributed by atoms with Gasteiger partial charge in [0.15, 0.2) is 17.3 Å². The molecule has 3 rings (SSSR count). The third-order valence-corrected chi connectivity index (χ3v) is 4.35. The summed E-state index contributed by atoms with van der Waals surface area (Å²) in [5.41, 5.74) is 2.44. The lowest BCUT2D eigenvalue weighted by molar-refractivity contribution is -0.116. The van der Waals surface area contributed by atoms with E-state index in [0.717, 1.165) is 23.6 Å². The Morgan fingerprint density at radius 2 is 1.74 bits per heavy atom. The van der Waals surface area contributed by atoms with E-state index in [4.69, 9.17) is 9.47 Å². The molecule has 1 aliphatic rings. The summed E-state index contributed by atoms with van der Waals surface area (Å²) in [4.78, 5) is 25.5. The fourth-order valence-corrected chi connectivity index (χ4v) is 2.88. The van der Waals surface area contributed by atoms with Gasteiger partial charge in [0, 0.05) is 30.8 Å². The van der Waals surface area contributed by atoms with E-state index in [1.165, 1.54) is 6.92 Å². The Bertz CT molecular complexity index is 817. The average Bonchev–Trinajstić information content (AvgIpc) is 2.67. The molecule has 6 heteroatoms. The highest BCUT2D eigenvalue weighted by atomic mass is 16.6. The van der Waals surface area contributed by atoms with Crippen LogP contribution in [0.1, 0.15) is 29.3 Å². The Hall–Kier alpha value is -2.86. The zero-order valence-corrected chi connectivity index (χ0v) is 15.7. The number of ketones is 1. The van der Waals surface area contributed by atoms with Crippen molar-refractivity contribution < 1.29 is 19.1 Å². The molecule has 0 bridgehead atoms. The zero-order chi connectivity index (χ0) is 19.2. The number of carbonyl (C=O) groups excluding carboxylic acids is 2. The number of hydrogen-bond acceptors (Lipinski definition) is 5. The van der Waals surface area contributed by atoms with E-state index in [0.29, 0.717) is 37.4 Å². The van der Waals surface area contributed by atoms with E-state index in [9.17, 15) is 9.59 Å². The van der Waals surface area contributed by atoms with Gasteiger partial charge in [-0.15, -0.1) is 0 Å². The van der Waals surface area contributed by atoms with Crippen molar-refractivity contribution in [1.29, 1.82) is 0 Å². The minimum Gasteiger partial charge on any atom is -0.486 e. The van der Waals surface area contributed by atoms with Crippen LogP contribution in [0.5, 0.6) is 11.5 Å². The second-order valence-electron chi connectivity index (χ2n) is 6.65. The van der Waals surface area contributed by atoms with Crippen molar-refractivity contribution in [2.24, 2.45) is 0 Å². The number of rotatable bonds is 7. The van der Waals surface area contributed by atoms with Gasteiger partial charge in [0.05, 0.1) is 0 Å². The van der Waals surface area contributed by atoms with E-state index in [1.807, 2.05) is 25.2 Å². The van der Waals surface area contributed by atoms with Crippen molar-refractivity contribution in [3.8, 4) is 11.5 Å². The molecule has 0 aliphatic carbocycles. The summed E-state index contributed by atoms with van der Waals surface area (Å²) in [6.45, 7) is 4.02. The Balaban J connectivity index is 1.46. The third-order valence-electron chi connectivity index (χ3n) is 4.35. The molecular formula is C21H24N2O4. The number of amides is 1. The van der Waals surface area contributed by atoms with Crippen LogP contribution >= 0.6 is 0 Å². The van der Waals surface area contributed by atoms with Gasteiger partial charge in [-0.3, -0.25) is 9.59 Å². The average molecular weight is 368 g/mol. The van der Waals surface area contributed by atoms with E-state index < -0.39 is 0 Å². The lowest BCUT2D eigenvalue weighted by Crippen LogP contribution is -2.24. The second-order valence-corrected chi connectivity index (χ2v) is 6.65. The van der Waals surface area contributed by atoms with Gasteiger partial charge in [-0.1, -0.05) is 6.07 Å². The molecule has 0 spiro atoms. The molecule has 0 radical (unpaired) electrons. The van der Waals surface area contributed by atoms with Crippen molar-refractivity contribution in [2.45, 2.75) is 19.9 Å². The summed E-state index contributed by atoms with van der Waals surface area (Å²) >= 11 is 0. The maximum absolute atomic E-state index is 12.1. The molecule has 142 valence electrons. The number of nitrogens with one attached hydrogen (secondary N) is 1. The number of ether oxygens (including phenoxy) is 2. The molecule has 0 saturated heterocycles. The largest absolute Gasteiger partial charge is 0.486 e. The molecule has 0 atom stereocenters. The summed E-state index contributed by atoms with van der Waals surface area (Å²) < 4.78 is 11.1. The summed E-state index contributed by atoms with van der Waals surface area (Å²) in [6.07, 6.45) is 0.384. The molecule has 2 aromatic carbocycles. The lowest BCUT2D eigenvalue weighted by atomic mass is 10.1. The lowest BCUT2D eigenvalue weighted by Gasteiger charge is -2.21. The first kappa shape index (κ1) is 18.9. The van der Waals surface area contributed by atoms with Crippen molar-refractivity contribution in [3.05, 3.63) is 53.6 Å². The van der Waals surface area contributed by atoms with Crippen LogP contribution in [0.2, 0.25) is 0 Å². The van der Waals surface area contributed by atoms with Crippen LogP contribution in [0.3, 0.4) is 0 Å². The molecule has 6 nitrogen and oxygen atoms in total. The van der Waals surface area contributed by atoms with Gasteiger partial charge in [0.1, 0.15) is 13.2 Å². The minimum atomic E-state index is -0.0559. The second kappa shape index (κ2) is 8.68. The fourth-order valence-electron chi connectivity index (χ4n) is 2.88. The Labute approximate surface area is 159 Å². The first-order valence-corrected chi connectivity index (χ1v) is 8.99. The maximum atomic E-state index is 12.1. The molecule has 27 heavy (non-hydrogen) atoms. The summed E-state index contributed by atoms with van der Waals surface area (Å²) in [5.74, 6) is 1.51. The number of hydrogen-bond donors (Lipinski definition) is 1. The molecule has 1 N–H and O–H groups in total. The smallest absolute Gasteiger partial charge is 0.225 e. The summed E-state index contributed by atoms with van der Waals surface area (Å²) in [6, 6.07) is 12.8. The van der Waals surface area contributed by atoms with E-state index >= 15 is 0 Å². The Kier molecular flexibility index (Phi) is 6.08. The van der Waals surface area contributed by atoms with E-state index in [2.05, 4.69) is 10.2 Å². The molecule has 1 amide bonds. The molecule has 0 fully saturated rings. The minimum absolute atomic E-state index is 0.00800. The first-order chi connectivity index (χ1) is 13.0. The van der Waals surface area contributed by atoms with Gasteiger partial charge in [0.2, 0.25) is 5.91 Å². The van der Waals surface area contributed by atoms with Crippen LogP contribution in [-0.2, 0) is 11.3 Å². The highest BCUT2D eigenvalue weighted by Crippen LogP contribution is 2.31. The topological polar surface area (TPSA) is 67.9 Å². The standard InChI is InChI=1S/C21H24N2O4/c1-15(24)17-4-6-18(7-5-17)22-21(25)9-10-23(2)14-16-3-8-19-20(13-16)27-12-11-26-19/h3-8,13H,9-12,14H2,1-2H3,(H,22,25). The molecule has 0 aromatic heterocycles. The molecule has 0 saturated carbocycles. The van der Waals surface area contributed by atoms with Crippen molar-refractivity contribution in [1.82, 2.24) is 4.90 Å². The third kappa shape index (κ3) is 5.31. The van der Waals surface area contributed by atoms with E-state index in [1.54, 1.807) is 24.3 Å². The predicted octanol–water partition coefficient (Wildman–Crippen LogP) is 3.12. The number of anilines is 1. The summed E-state index contributed by atoms with van der Waals surface area (Å²) in [7, 11) is 1.98. The highest BCUT2D eigenvalue weighted by molar-refractivity contribution is 5.95. The van der Waals surface area contributed by atoms with Crippen LogP contribution in [0, 0.1) is 0 Å². The van der Waals surface area contributed by atoms with Crippen molar-refractivity contribution in [3.63, 3.8) is 0 Å². The number of benzene rings is 2. The number of Topliss-reactive ketones (excluding diaryl/α,β-unsaturated/α-hetero) is 1. The summed E-state index contributed by atoms with van der Waals surface area (Å²) in [5, 5.41) is 2.85. The number of fused-ring (bicyclic) bond motifs is 1. The Morgan fingerprint density at radius 1 is 1.04 bits per heavy atom. The van der Waals surface area contributed by atoms with Crippen LogP contribution in [0.4, 0.5) is 5.69 Å². The quantitative estimate of drug-likeness (QED) is 0.761. The van der Waals surface area contributed by atoms with Crippen LogP contribution in [0.15, 0.2) is 42.5 Å². The monoisotopic (exact) mass is 368 g/mol. The normalized spacial score (nSPS) is 12.7. The van der Waals surface area contributed by atoms with Crippen LogP contribution < -0.4 is 14.8 Å². The molecule has 0 unspecified atom stereocenters. The molecule has 1 heterocycles. The van der Waals surface area contributed by atoms with Gasteiger partial charge >= 0.3 is 0 Å². The van der Waals surface area contributed by atoms with Gasteiger partial charge < -0.3 is 19.7 Å². The first-order valence-electron chi connectivity index (χ1n) is 8.99. The SMILES string of the molecule is CC(=O)c1ccc(NC(=O)CCN(C)Cc2ccc3c(c2)OCCO3)cc1. The highest BCUT2D eigenvalue weighted by Gasteiger charge is 2.13. The molecule has 2 aromatic rings. The van der Waals surface area contributed by atoms with Gasteiger partial charge in [-0.25, -0.2) is 0 Å². The zero-order valence-electron chi connectivity index (χ0n) is 15.7. The molecular weight excluding hydrogens is 344 g/mol. The Morgan fingerprint density at radius 3 is 2.44 bits per heavy atom. The number of carbonyl (C=O) groups is 2. The number of nitrogens with zero attached hydrogens (tertiary/aromatic N) is 1. The fraction of sp³-hybridized carbons (Fsp3) is 0.333. The van der Waals surface area contributed by atoms with Gasteiger partial charge in [0.25, 0.3) is 0 Å². The van der Waals surface area contributed by atoms with Crippen LogP contribution in [0.25, 0.3) is 0 Å². The van der Waals surface area contributed by atoms with Gasteiger partial charge in [-0.05, 0) is 55.9 Å². The van der Waals surface area contributed by atoms with Gasteiger partial charge in [-0.2, -0.15) is 0 Å². The predicted molar refractivity (Wildman–Crippen MR) is 103 cm³/mol. The van der Waals surface area contributed by atoms with E-state index in [-0.39, 0.29) is 11.7 Å².